The number of sulfone groups is 1. The summed E-state index contributed by atoms with van der Waals surface area (Å²) in [4.78, 5) is 27.4. The number of anilines is 1. The smallest absolute Gasteiger partial charge is 0.255 e. The monoisotopic (exact) mass is 543 g/mol. The van der Waals surface area contributed by atoms with E-state index in [9.17, 15) is 18.0 Å². The molecule has 4 heterocycles. The number of ketones is 1. The van der Waals surface area contributed by atoms with Gasteiger partial charge in [0.2, 0.25) is 0 Å². The first kappa shape index (κ1) is 24.4. The molecule has 12 heteroatoms. The van der Waals surface area contributed by atoms with Crippen molar-refractivity contribution in [1.29, 1.82) is 0 Å². The highest BCUT2D eigenvalue weighted by Gasteiger charge is 2.25. The van der Waals surface area contributed by atoms with Gasteiger partial charge in [-0.2, -0.15) is 0 Å². The maximum atomic E-state index is 12.4. The van der Waals surface area contributed by atoms with Crippen LogP contribution >= 0.6 is 22.9 Å². The van der Waals surface area contributed by atoms with Gasteiger partial charge in [-0.15, -0.1) is 16.4 Å². The first-order valence-corrected chi connectivity index (χ1v) is 14.3. The zero-order valence-corrected chi connectivity index (χ0v) is 21.5. The lowest BCUT2D eigenvalue weighted by atomic mass is 10.1. The van der Waals surface area contributed by atoms with E-state index in [-0.39, 0.29) is 29.3 Å². The lowest BCUT2D eigenvalue weighted by Crippen LogP contribution is -2.40. The van der Waals surface area contributed by atoms with E-state index < -0.39 is 9.84 Å². The summed E-state index contributed by atoms with van der Waals surface area (Å²) in [6.07, 6.45) is 4.15. The van der Waals surface area contributed by atoms with Gasteiger partial charge in [-0.3, -0.25) is 14.2 Å². The van der Waals surface area contributed by atoms with Crippen molar-refractivity contribution in [2.45, 2.75) is 12.8 Å². The Morgan fingerprint density at radius 2 is 1.86 bits per heavy atom. The van der Waals surface area contributed by atoms with Crippen LogP contribution in [0.15, 0.2) is 65.7 Å². The standard InChI is InChI=1S/C24H22ClN5O4S2/c25-23-9-8-22(35-23)21(31)7-4-17-16-30(27-26-17)19-6-5-18(29-10-2-1-3-24(29)32)15-20(19)28-11-13-36(33,34)14-12-28/h1-3,5-6,8-10,15-16H,4,7,11-14H2. The predicted octanol–water partition coefficient (Wildman–Crippen LogP) is 3.18. The molecule has 186 valence electrons. The zero-order chi connectivity index (χ0) is 25.3. The maximum Gasteiger partial charge on any atom is 0.255 e. The minimum Gasteiger partial charge on any atom is -0.368 e. The molecular formula is C24H22ClN5O4S2. The van der Waals surface area contributed by atoms with Gasteiger partial charge in [-0.1, -0.05) is 22.9 Å². The highest BCUT2D eigenvalue weighted by atomic mass is 35.5. The van der Waals surface area contributed by atoms with Crippen LogP contribution in [0.4, 0.5) is 5.69 Å². The van der Waals surface area contributed by atoms with Gasteiger partial charge < -0.3 is 4.90 Å². The van der Waals surface area contributed by atoms with Gasteiger partial charge >= 0.3 is 0 Å². The van der Waals surface area contributed by atoms with Crippen molar-refractivity contribution in [2.24, 2.45) is 0 Å². The number of rotatable bonds is 7. The van der Waals surface area contributed by atoms with E-state index in [4.69, 9.17) is 11.6 Å². The molecule has 5 rings (SSSR count). The molecule has 0 unspecified atom stereocenters. The van der Waals surface area contributed by atoms with Crippen LogP contribution in [-0.2, 0) is 16.3 Å². The van der Waals surface area contributed by atoms with Crippen LogP contribution in [0.2, 0.25) is 4.34 Å². The van der Waals surface area contributed by atoms with Crippen molar-refractivity contribution in [3.63, 3.8) is 0 Å². The lowest BCUT2D eigenvalue weighted by molar-refractivity contribution is 0.0986. The third-order valence-corrected chi connectivity index (χ3v) is 8.87. The molecule has 0 atom stereocenters. The third-order valence-electron chi connectivity index (χ3n) is 5.99. The van der Waals surface area contributed by atoms with Crippen LogP contribution in [0.25, 0.3) is 11.4 Å². The summed E-state index contributed by atoms with van der Waals surface area (Å²) in [5, 5.41) is 8.50. The Kier molecular flexibility index (Phi) is 6.78. The number of nitrogens with zero attached hydrogens (tertiary/aromatic N) is 5. The number of aromatic nitrogens is 4. The molecule has 1 fully saturated rings. The Labute approximate surface area is 216 Å². The predicted molar refractivity (Wildman–Crippen MR) is 140 cm³/mol. The highest BCUT2D eigenvalue weighted by molar-refractivity contribution is 7.91. The van der Waals surface area contributed by atoms with Gasteiger partial charge in [0.15, 0.2) is 15.6 Å². The second-order valence-corrected chi connectivity index (χ2v) is 12.4. The summed E-state index contributed by atoms with van der Waals surface area (Å²) in [7, 11) is -3.07. The number of benzene rings is 1. The molecule has 1 aliphatic rings. The average molecular weight is 544 g/mol. The molecule has 0 aliphatic carbocycles. The molecule has 9 nitrogen and oxygen atoms in total. The average Bonchev–Trinajstić information content (AvgIpc) is 3.52. The zero-order valence-electron chi connectivity index (χ0n) is 19.1. The van der Waals surface area contributed by atoms with Crippen LogP contribution in [0, 0.1) is 0 Å². The fourth-order valence-corrected chi connectivity index (χ4v) is 6.27. The molecule has 0 N–H and O–H groups in total. The van der Waals surface area contributed by atoms with E-state index in [0.29, 0.717) is 45.8 Å². The first-order valence-electron chi connectivity index (χ1n) is 11.3. The van der Waals surface area contributed by atoms with Crippen LogP contribution in [0.5, 0.6) is 0 Å². The summed E-state index contributed by atoms with van der Waals surface area (Å²) in [6.45, 7) is 0.670. The number of carbonyl (C=O) groups excluding carboxylic acids is 1. The Hall–Kier alpha value is -3.28. The number of aryl methyl sites for hydroxylation is 1. The van der Waals surface area contributed by atoms with E-state index >= 15 is 0 Å². The molecule has 0 saturated carbocycles. The second kappa shape index (κ2) is 10.00. The Balaban J connectivity index is 1.44. The van der Waals surface area contributed by atoms with E-state index in [1.165, 1.54) is 22.0 Å². The normalized spacial score (nSPS) is 15.2. The SMILES string of the molecule is O=C(CCc1cn(-c2ccc(-n3ccccc3=O)cc2N2CCS(=O)(=O)CC2)nn1)c1ccc(Cl)s1. The lowest BCUT2D eigenvalue weighted by Gasteiger charge is -2.30. The van der Waals surface area contributed by atoms with Crippen molar-refractivity contribution in [3.8, 4) is 11.4 Å². The minimum atomic E-state index is -3.07. The molecule has 0 bridgehead atoms. The molecule has 0 radical (unpaired) electrons. The summed E-state index contributed by atoms with van der Waals surface area (Å²) in [5.41, 5.74) is 2.60. The Morgan fingerprint density at radius 3 is 2.58 bits per heavy atom. The highest BCUT2D eigenvalue weighted by Crippen LogP contribution is 2.29. The van der Waals surface area contributed by atoms with E-state index in [2.05, 4.69) is 10.3 Å². The van der Waals surface area contributed by atoms with Crippen molar-refractivity contribution in [3.05, 3.63) is 86.2 Å². The summed E-state index contributed by atoms with van der Waals surface area (Å²) in [5.74, 6) is 0.105. The van der Waals surface area contributed by atoms with E-state index in [1.807, 2.05) is 23.1 Å². The number of Topliss-reactive ketones (excluding diaryl/α,β-unsaturated/α-hetero) is 1. The molecule has 3 aromatic heterocycles. The molecular weight excluding hydrogens is 522 g/mol. The van der Waals surface area contributed by atoms with Gasteiger partial charge in [-0.05, 0) is 36.4 Å². The van der Waals surface area contributed by atoms with Crippen LogP contribution in [0.3, 0.4) is 0 Å². The van der Waals surface area contributed by atoms with Crippen LogP contribution < -0.4 is 10.5 Å². The van der Waals surface area contributed by atoms with Crippen LogP contribution in [0.1, 0.15) is 21.8 Å². The number of carbonyl (C=O) groups is 1. The molecule has 4 aromatic rings. The van der Waals surface area contributed by atoms with Crippen molar-refractivity contribution >= 4 is 44.2 Å². The molecule has 36 heavy (non-hydrogen) atoms. The fourth-order valence-electron chi connectivity index (χ4n) is 4.06. The third kappa shape index (κ3) is 5.28. The van der Waals surface area contributed by atoms with Gasteiger partial charge in [-0.25, -0.2) is 13.1 Å². The van der Waals surface area contributed by atoms with Crippen molar-refractivity contribution in [2.75, 3.05) is 29.5 Å². The van der Waals surface area contributed by atoms with Gasteiger partial charge in [0.1, 0.15) is 0 Å². The summed E-state index contributed by atoms with van der Waals surface area (Å²) < 4.78 is 27.8. The maximum absolute atomic E-state index is 12.4. The number of hydrogen-bond acceptors (Lipinski definition) is 8. The quantitative estimate of drug-likeness (QED) is 0.329. The van der Waals surface area contributed by atoms with Gasteiger partial charge in [0, 0.05) is 38.2 Å². The number of halogens is 1. The van der Waals surface area contributed by atoms with Crippen molar-refractivity contribution < 1.29 is 13.2 Å². The molecule has 0 spiro atoms. The topological polar surface area (TPSA) is 107 Å². The molecule has 1 aliphatic heterocycles. The minimum absolute atomic E-state index is 0.00526. The van der Waals surface area contributed by atoms with Crippen LogP contribution in [-0.4, -0.2) is 58.4 Å². The van der Waals surface area contributed by atoms with E-state index in [0.717, 1.165) is 5.69 Å². The molecule has 1 aromatic carbocycles. The Morgan fingerprint density at radius 1 is 1.06 bits per heavy atom. The summed E-state index contributed by atoms with van der Waals surface area (Å²) in [6, 6.07) is 13.9. The molecule has 0 amide bonds. The first-order chi connectivity index (χ1) is 17.3. The number of pyridine rings is 1. The fraction of sp³-hybridized carbons (Fsp3) is 0.250. The second-order valence-electron chi connectivity index (χ2n) is 8.40. The van der Waals surface area contributed by atoms with E-state index in [1.54, 1.807) is 41.3 Å². The number of hydrogen-bond donors (Lipinski definition) is 0. The van der Waals surface area contributed by atoms with Crippen molar-refractivity contribution in [1.82, 2.24) is 19.6 Å². The van der Waals surface area contributed by atoms with Gasteiger partial charge in [0.05, 0.1) is 49.7 Å². The van der Waals surface area contributed by atoms with Gasteiger partial charge in [0.25, 0.3) is 5.56 Å². The molecule has 1 saturated heterocycles. The Bertz CT molecular complexity index is 1580. The number of thiophene rings is 1. The summed E-state index contributed by atoms with van der Waals surface area (Å²) >= 11 is 7.18. The largest absolute Gasteiger partial charge is 0.368 e.